The Morgan fingerprint density at radius 2 is 2.15 bits per heavy atom. The number of ketones is 1. The standard InChI is InChI=1S/C18H24O2/c1-12(2)20-17-5-3-4-15(10-17)18(19)11-16-9-13-6-7-14(16)8-13/h3-5,10,12-14,16H,6-9,11H2,1-2H3. The SMILES string of the molecule is CC(C)Oc1cccc(C(=O)CC2CC3CCC2C3)c1. The Morgan fingerprint density at radius 1 is 1.30 bits per heavy atom. The van der Waals surface area contributed by atoms with Crippen LogP contribution in [0.2, 0.25) is 0 Å². The second-order valence-corrected chi connectivity index (χ2v) is 6.76. The lowest BCUT2D eigenvalue weighted by atomic mass is 9.84. The van der Waals surface area contributed by atoms with Crippen molar-refractivity contribution in [2.24, 2.45) is 17.8 Å². The summed E-state index contributed by atoms with van der Waals surface area (Å²) < 4.78 is 5.67. The van der Waals surface area contributed by atoms with E-state index in [2.05, 4.69) is 0 Å². The highest BCUT2D eigenvalue weighted by atomic mass is 16.5. The van der Waals surface area contributed by atoms with Gasteiger partial charge in [-0.05, 0) is 63.0 Å². The van der Waals surface area contributed by atoms with Gasteiger partial charge in [0.2, 0.25) is 0 Å². The topological polar surface area (TPSA) is 26.3 Å². The molecule has 3 unspecified atom stereocenters. The summed E-state index contributed by atoms with van der Waals surface area (Å²) in [6, 6.07) is 7.67. The molecule has 0 aromatic heterocycles. The van der Waals surface area contributed by atoms with Crippen LogP contribution in [-0.4, -0.2) is 11.9 Å². The van der Waals surface area contributed by atoms with Crippen molar-refractivity contribution in [2.45, 2.75) is 52.1 Å². The molecular weight excluding hydrogens is 248 g/mol. The first kappa shape index (κ1) is 13.7. The van der Waals surface area contributed by atoms with Crippen molar-refractivity contribution in [2.75, 3.05) is 0 Å². The van der Waals surface area contributed by atoms with Crippen molar-refractivity contribution in [1.29, 1.82) is 0 Å². The monoisotopic (exact) mass is 272 g/mol. The molecule has 0 N–H and O–H groups in total. The van der Waals surface area contributed by atoms with Gasteiger partial charge in [-0.25, -0.2) is 0 Å². The van der Waals surface area contributed by atoms with Crippen LogP contribution in [-0.2, 0) is 0 Å². The van der Waals surface area contributed by atoms with Crippen LogP contribution >= 0.6 is 0 Å². The van der Waals surface area contributed by atoms with Crippen molar-refractivity contribution in [3.05, 3.63) is 29.8 Å². The number of carbonyl (C=O) groups excluding carboxylic acids is 1. The van der Waals surface area contributed by atoms with Gasteiger partial charge in [0.15, 0.2) is 5.78 Å². The minimum atomic E-state index is 0.144. The van der Waals surface area contributed by atoms with E-state index >= 15 is 0 Å². The van der Waals surface area contributed by atoms with Crippen LogP contribution < -0.4 is 4.74 Å². The van der Waals surface area contributed by atoms with Crippen molar-refractivity contribution in [3.8, 4) is 5.75 Å². The molecule has 2 aliphatic rings. The summed E-state index contributed by atoms with van der Waals surface area (Å²) in [5.74, 6) is 3.46. The van der Waals surface area contributed by atoms with E-state index in [0.29, 0.717) is 5.92 Å². The molecule has 20 heavy (non-hydrogen) atoms. The van der Waals surface area contributed by atoms with E-state index in [-0.39, 0.29) is 11.9 Å². The zero-order valence-corrected chi connectivity index (χ0v) is 12.5. The first-order valence-corrected chi connectivity index (χ1v) is 7.91. The molecule has 3 atom stereocenters. The predicted octanol–water partition coefficient (Wildman–Crippen LogP) is 4.48. The van der Waals surface area contributed by atoms with Gasteiger partial charge in [-0.1, -0.05) is 18.6 Å². The highest BCUT2D eigenvalue weighted by molar-refractivity contribution is 5.96. The molecule has 1 aromatic carbocycles. The maximum atomic E-state index is 12.5. The van der Waals surface area contributed by atoms with Gasteiger partial charge in [0.25, 0.3) is 0 Å². The summed E-state index contributed by atoms with van der Waals surface area (Å²) in [6.45, 7) is 4.01. The number of hydrogen-bond donors (Lipinski definition) is 0. The molecule has 0 spiro atoms. The Balaban J connectivity index is 1.65. The Kier molecular flexibility index (Phi) is 3.82. The van der Waals surface area contributed by atoms with Crippen LogP contribution in [0.25, 0.3) is 0 Å². The van der Waals surface area contributed by atoms with E-state index in [1.807, 2.05) is 38.1 Å². The highest BCUT2D eigenvalue weighted by Gasteiger charge is 2.40. The largest absolute Gasteiger partial charge is 0.491 e. The molecule has 3 rings (SSSR count). The molecule has 0 radical (unpaired) electrons. The molecule has 0 saturated heterocycles. The maximum absolute atomic E-state index is 12.5. The molecule has 2 bridgehead atoms. The van der Waals surface area contributed by atoms with Gasteiger partial charge < -0.3 is 4.74 Å². The van der Waals surface area contributed by atoms with Gasteiger partial charge >= 0.3 is 0 Å². The van der Waals surface area contributed by atoms with Gasteiger partial charge in [-0.2, -0.15) is 0 Å². The van der Waals surface area contributed by atoms with Crippen LogP contribution in [0.4, 0.5) is 0 Å². The van der Waals surface area contributed by atoms with E-state index in [4.69, 9.17) is 4.74 Å². The normalized spacial score (nSPS) is 28.1. The van der Waals surface area contributed by atoms with Crippen molar-refractivity contribution >= 4 is 5.78 Å². The fourth-order valence-electron chi connectivity index (χ4n) is 4.00. The van der Waals surface area contributed by atoms with Gasteiger partial charge in [0.1, 0.15) is 5.75 Å². The maximum Gasteiger partial charge on any atom is 0.163 e. The average Bonchev–Trinajstić information content (AvgIpc) is 3.00. The van der Waals surface area contributed by atoms with E-state index < -0.39 is 0 Å². The van der Waals surface area contributed by atoms with Gasteiger partial charge in [-0.3, -0.25) is 4.79 Å². The molecule has 108 valence electrons. The second kappa shape index (κ2) is 5.59. The van der Waals surface area contributed by atoms with E-state index in [0.717, 1.165) is 29.6 Å². The zero-order valence-electron chi connectivity index (χ0n) is 12.5. The molecular formula is C18H24O2. The quantitative estimate of drug-likeness (QED) is 0.739. The summed E-state index contributed by atoms with van der Waals surface area (Å²) in [7, 11) is 0. The minimum Gasteiger partial charge on any atom is -0.491 e. The molecule has 2 saturated carbocycles. The summed E-state index contributed by atoms with van der Waals surface area (Å²) in [4.78, 5) is 12.5. The summed E-state index contributed by atoms with van der Waals surface area (Å²) >= 11 is 0. The zero-order chi connectivity index (χ0) is 14.1. The van der Waals surface area contributed by atoms with Crippen LogP contribution in [0.5, 0.6) is 5.75 Å². The Bertz CT molecular complexity index is 492. The van der Waals surface area contributed by atoms with Crippen LogP contribution in [0.15, 0.2) is 24.3 Å². The number of hydrogen-bond acceptors (Lipinski definition) is 2. The Morgan fingerprint density at radius 3 is 2.80 bits per heavy atom. The second-order valence-electron chi connectivity index (χ2n) is 6.76. The smallest absolute Gasteiger partial charge is 0.163 e. The number of rotatable bonds is 5. The number of carbonyl (C=O) groups is 1. The molecule has 0 amide bonds. The molecule has 0 aliphatic heterocycles. The third-order valence-corrected chi connectivity index (χ3v) is 4.86. The summed E-state index contributed by atoms with van der Waals surface area (Å²) in [5.41, 5.74) is 0.811. The summed E-state index contributed by atoms with van der Waals surface area (Å²) in [5, 5.41) is 0. The van der Waals surface area contributed by atoms with Gasteiger partial charge in [0.05, 0.1) is 6.10 Å². The molecule has 2 heteroatoms. The lowest BCUT2D eigenvalue weighted by Gasteiger charge is -2.20. The third kappa shape index (κ3) is 2.89. The predicted molar refractivity (Wildman–Crippen MR) is 80.1 cm³/mol. The number of fused-ring (bicyclic) bond motifs is 2. The van der Waals surface area contributed by atoms with E-state index in [9.17, 15) is 4.79 Å². The van der Waals surface area contributed by atoms with Crippen LogP contribution in [0.3, 0.4) is 0 Å². The number of Topliss-reactive ketones (excluding diaryl/α,β-unsaturated/α-hetero) is 1. The number of benzene rings is 1. The molecule has 2 aliphatic carbocycles. The Hall–Kier alpha value is -1.31. The lowest BCUT2D eigenvalue weighted by Crippen LogP contribution is -2.15. The van der Waals surface area contributed by atoms with E-state index in [1.54, 1.807) is 0 Å². The Labute approximate surface area is 121 Å². The third-order valence-electron chi connectivity index (χ3n) is 4.86. The van der Waals surface area contributed by atoms with E-state index in [1.165, 1.54) is 25.7 Å². The van der Waals surface area contributed by atoms with Crippen LogP contribution in [0, 0.1) is 17.8 Å². The van der Waals surface area contributed by atoms with Gasteiger partial charge in [-0.15, -0.1) is 0 Å². The molecule has 2 nitrogen and oxygen atoms in total. The lowest BCUT2D eigenvalue weighted by molar-refractivity contribution is 0.0943. The van der Waals surface area contributed by atoms with Crippen molar-refractivity contribution in [1.82, 2.24) is 0 Å². The van der Waals surface area contributed by atoms with Crippen molar-refractivity contribution in [3.63, 3.8) is 0 Å². The molecule has 0 heterocycles. The highest BCUT2D eigenvalue weighted by Crippen LogP contribution is 2.49. The number of ether oxygens (including phenoxy) is 1. The van der Waals surface area contributed by atoms with Crippen LogP contribution in [0.1, 0.15) is 56.3 Å². The van der Waals surface area contributed by atoms with Crippen molar-refractivity contribution < 1.29 is 9.53 Å². The van der Waals surface area contributed by atoms with Gasteiger partial charge in [0, 0.05) is 12.0 Å². The first-order chi connectivity index (χ1) is 9.61. The minimum absolute atomic E-state index is 0.144. The first-order valence-electron chi connectivity index (χ1n) is 7.91. The molecule has 2 fully saturated rings. The fraction of sp³-hybridized carbons (Fsp3) is 0.611. The fourth-order valence-corrected chi connectivity index (χ4v) is 4.00. The summed E-state index contributed by atoms with van der Waals surface area (Å²) in [6.07, 6.45) is 6.26. The molecule has 1 aromatic rings. The average molecular weight is 272 g/mol.